The SMILES string of the molecule is COc1ccc(CN(C)C(=O)c2c[nH]ccc2=O)cc1. The van der Waals surface area contributed by atoms with Crippen molar-refractivity contribution in [3.05, 3.63) is 64.1 Å². The smallest absolute Gasteiger partial charge is 0.259 e. The zero-order valence-corrected chi connectivity index (χ0v) is 11.4. The minimum absolute atomic E-state index is 0.142. The molecule has 0 unspecified atom stereocenters. The summed E-state index contributed by atoms with van der Waals surface area (Å²) >= 11 is 0. The van der Waals surface area contributed by atoms with Gasteiger partial charge >= 0.3 is 0 Å². The number of aromatic amines is 1. The van der Waals surface area contributed by atoms with Crippen LogP contribution in [0, 0.1) is 0 Å². The van der Waals surface area contributed by atoms with E-state index in [0.717, 1.165) is 11.3 Å². The van der Waals surface area contributed by atoms with E-state index in [1.807, 2.05) is 24.3 Å². The fourth-order valence-electron chi connectivity index (χ4n) is 1.87. The summed E-state index contributed by atoms with van der Waals surface area (Å²) in [5.74, 6) is 0.463. The molecule has 5 heteroatoms. The van der Waals surface area contributed by atoms with Crippen LogP contribution in [-0.4, -0.2) is 29.9 Å². The highest BCUT2D eigenvalue weighted by atomic mass is 16.5. The Morgan fingerprint density at radius 1 is 1.25 bits per heavy atom. The molecule has 1 heterocycles. The predicted molar refractivity (Wildman–Crippen MR) is 75.9 cm³/mol. The maximum atomic E-state index is 12.2. The number of hydrogen-bond acceptors (Lipinski definition) is 3. The number of H-pyrrole nitrogens is 1. The number of ether oxygens (including phenoxy) is 1. The first kappa shape index (κ1) is 13.9. The average Bonchev–Trinajstić information content (AvgIpc) is 2.48. The number of nitrogens with zero attached hydrogens (tertiary/aromatic N) is 1. The van der Waals surface area contributed by atoms with Gasteiger partial charge in [-0.2, -0.15) is 0 Å². The van der Waals surface area contributed by atoms with Gasteiger partial charge in [-0.3, -0.25) is 9.59 Å². The Kier molecular flexibility index (Phi) is 4.20. The van der Waals surface area contributed by atoms with Crippen LogP contribution in [0.4, 0.5) is 0 Å². The molecule has 0 aliphatic heterocycles. The van der Waals surface area contributed by atoms with E-state index < -0.39 is 0 Å². The summed E-state index contributed by atoms with van der Waals surface area (Å²) in [7, 11) is 3.27. The van der Waals surface area contributed by atoms with Gasteiger partial charge in [0.05, 0.1) is 7.11 Å². The fourth-order valence-corrected chi connectivity index (χ4v) is 1.87. The lowest BCUT2D eigenvalue weighted by Gasteiger charge is -2.17. The number of hydrogen-bond donors (Lipinski definition) is 1. The van der Waals surface area contributed by atoms with Crippen molar-refractivity contribution in [3.63, 3.8) is 0 Å². The Bertz CT molecular complexity index is 647. The zero-order chi connectivity index (χ0) is 14.5. The first-order valence-corrected chi connectivity index (χ1v) is 6.17. The van der Waals surface area contributed by atoms with E-state index in [1.54, 1.807) is 14.2 Å². The molecule has 2 aromatic rings. The molecule has 0 atom stereocenters. The summed E-state index contributed by atoms with van der Waals surface area (Å²) in [5, 5.41) is 0. The molecule has 1 aromatic heterocycles. The molecular weight excluding hydrogens is 256 g/mol. The second-order valence-corrected chi connectivity index (χ2v) is 4.43. The van der Waals surface area contributed by atoms with Gasteiger partial charge in [-0.25, -0.2) is 0 Å². The first-order chi connectivity index (χ1) is 9.61. The van der Waals surface area contributed by atoms with Crippen LogP contribution >= 0.6 is 0 Å². The minimum Gasteiger partial charge on any atom is -0.497 e. The molecule has 0 aliphatic rings. The molecular formula is C15H16N2O3. The van der Waals surface area contributed by atoms with Crippen molar-refractivity contribution in [1.82, 2.24) is 9.88 Å². The van der Waals surface area contributed by atoms with Crippen molar-refractivity contribution in [3.8, 4) is 5.75 Å². The van der Waals surface area contributed by atoms with Crippen LogP contribution in [0.3, 0.4) is 0 Å². The Hall–Kier alpha value is -2.56. The summed E-state index contributed by atoms with van der Waals surface area (Å²) in [6.07, 6.45) is 2.93. The van der Waals surface area contributed by atoms with Crippen LogP contribution in [0.15, 0.2) is 47.5 Å². The lowest BCUT2D eigenvalue weighted by molar-refractivity contribution is 0.0783. The van der Waals surface area contributed by atoms with Gasteiger partial charge in [0.25, 0.3) is 5.91 Å². The van der Waals surface area contributed by atoms with E-state index >= 15 is 0 Å². The second-order valence-electron chi connectivity index (χ2n) is 4.43. The molecule has 1 aromatic carbocycles. The molecule has 0 saturated heterocycles. The molecule has 0 spiro atoms. The number of benzene rings is 1. The third-order valence-corrected chi connectivity index (χ3v) is 2.98. The van der Waals surface area contributed by atoms with Crippen LogP contribution in [-0.2, 0) is 6.54 Å². The number of methoxy groups -OCH3 is 1. The van der Waals surface area contributed by atoms with Crippen molar-refractivity contribution in [2.24, 2.45) is 0 Å². The van der Waals surface area contributed by atoms with E-state index in [0.29, 0.717) is 6.54 Å². The van der Waals surface area contributed by atoms with Crippen LogP contribution in [0.25, 0.3) is 0 Å². The van der Waals surface area contributed by atoms with Crippen LogP contribution in [0.2, 0.25) is 0 Å². The Morgan fingerprint density at radius 3 is 2.55 bits per heavy atom. The van der Waals surface area contributed by atoms with Gasteiger partial charge in [0.15, 0.2) is 5.43 Å². The monoisotopic (exact) mass is 272 g/mol. The van der Waals surface area contributed by atoms with Gasteiger partial charge < -0.3 is 14.6 Å². The highest BCUT2D eigenvalue weighted by Gasteiger charge is 2.14. The van der Waals surface area contributed by atoms with Crippen molar-refractivity contribution in [2.75, 3.05) is 14.2 Å². The zero-order valence-electron chi connectivity index (χ0n) is 11.4. The van der Waals surface area contributed by atoms with Crippen molar-refractivity contribution in [2.45, 2.75) is 6.54 Å². The highest BCUT2D eigenvalue weighted by molar-refractivity contribution is 5.93. The quantitative estimate of drug-likeness (QED) is 0.920. The average molecular weight is 272 g/mol. The number of aromatic nitrogens is 1. The summed E-state index contributed by atoms with van der Waals surface area (Å²) < 4.78 is 5.08. The third kappa shape index (κ3) is 3.06. The summed E-state index contributed by atoms with van der Waals surface area (Å²) in [6, 6.07) is 8.79. The lowest BCUT2D eigenvalue weighted by Crippen LogP contribution is -2.30. The number of pyridine rings is 1. The Balaban J connectivity index is 2.11. The molecule has 0 aliphatic carbocycles. The molecule has 5 nitrogen and oxygen atoms in total. The van der Waals surface area contributed by atoms with Crippen molar-refractivity contribution < 1.29 is 9.53 Å². The fraction of sp³-hybridized carbons (Fsp3) is 0.200. The van der Waals surface area contributed by atoms with Crippen LogP contribution in [0.1, 0.15) is 15.9 Å². The molecule has 1 N–H and O–H groups in total. The van der Waals surface area contributed by atoms with Gasteiger partial charge in [0.1, 0.15) is 11.3 Å². The van der Waals surface area contributed by atoms with Gasteiger partial charge in [-0.15, -0.1) is 0 Å². The number of carbonyl (C=O) groups is 1. The van der Waals surface area contributed by atoms with E-state index in [-0.39, 0.29) is 16.9 Å². The molecule has 20 heavy (non-hydrogen) atoms. The lowest BCUT2D eigenvalue weighted by atomic mass is 10.2. The standard InChI is InChI=1S/C15H16N2O3/c1-17(10-11-3-5-12(20-2)6-4-11)15(19)13-9-16-8-7-14(13)18/h3-9H,10H2,1-2H3,(H,16,18). The Labute approximate surface area is 116 Å². The normalized spacial score (nSPS) is 10.1. The molecule has 104 valence electrons. The topological polar surface area (TPSA) is 62.4 Å². The van der Waals surface area contributed by atoms with Gasteiger partial charge in [0.2, 0.25) is 0 Å². The highest BCUT2D eigenvalue weighted by Crippen LogP contribution is 2.13. The number of rotatable bonds is 4. The van der Waals surface area contributed by atoms with Crippen molar-refractivity contribution >= 4 is 5.91 Å². The maximum Gasteiger partial charge on any atom is 0.259 e. The van der Waals surface area contributed by atoms with E-state index in [4.69, 9.17) is 4.74 Å². The molecule has 0 bridgehead atoms. The molecule has 1 amide bonds. The maximum absolute atomic E-state index is 12.2. The predicted octanol–water partition coefficient (Wildman–Crippen LogP) is 1.66. The molecule has 0 saturated carbocycles. The summed E-state index contributed by atoms with van der Waals surface area (Å²) in [5.41, 5.74) is 0.827. The molecule has 0 fully saturated rings. The third-order valence-electron chi connectivity index (χ3n) is 2.98. The summed E-state index contributed by atoms with van der Waals surface area (Å²) in [4.78, 5) is 28.1. The Morgan fingerprint density at radius 2 is 1.95 bits per heavy atom. The largest absolute Gasteiger partial charge is 0.497 e. The summed E-state index contributed by atoms with van der Waals surface area (Å²) in [6.45, 7) is 0.428. The number of amides is 1. The first-order valence-electron chi connectivity index (χ1n) is 6.17. The van der Waals surface area contributed by atoms with Crippen LogP contribution in [0.5, 0.6) is 5.75 Å². The number of nitrogens with one attached hydrogen (secondary N) is 1. The molecule has 2 rings (SSSR count). The van der Waals surface area contributed by atoms with Crippen LogP contribution < -0.4 is 10.2 Å². The van der Waals surface area contributed by atoms with E-state index in [2.05, 4.69) is 4.98 Å². The second kappa shape index (κ2) is 6.06. The van der Waals surface area contributed by atoms with Gasteiger partial charge in [-0.05, 0) is 17.7 Å². The van der Waals surface area contributed by atoms with Gasteiger partial charge in [-0.1, -0.05) is 12.1 Å². The number of carbonyl (C=O) groups excluding carboxylic acids is 1. The van der Waals surface area contributed by atoms with Crippen molar-refractivity contribution in [1.29, 1.82) is 0 Å². The van der Waals surface area contributed by atoms with E-state index in [9.17, 15) is 9.59 Å². The molecule has 0 radical (unpaired) electrons. The minimum atomic E-state index is -0.303. The van der Waals surface area contributed by atoms with Gasteiger partial charge in [0, 0.05) is 32.1 Å². The van der Waals surface area contributed by atoms with E-state index in [1.165, 1.54) is 23.4 Å².